The molecule has 7 nitrogen and oxygen atoms in total. The molecule has 2 aromatic carbocycles. The van der Waals surface area contributed by atoms with E-state index in [2.05, 4.69) is 9.97 Å². The fraction of sp³-hybridized carbons (Fsp3) is 0.261. The molecular weight excluding hydrogens is 414 g/mol. The maximum absolute atomic E-state index is 15.2. The van der Waals surface area contributed by atoms with E-state index < -0.39 is 11.6 Å². The second-order valence-corrected chi connectivity index (χ2v) is 8.02. The third-order valence-electron chi connectivity index (χ3n) is 5.83. The van der Waals surface area contributed by atoms with E-state index >= 15 is 4.39 Å². The Bertz CT molecular complexity index is 1280. The first-order valence-corrected chi connectivity index (χ1v) is 10.5. The molecule has 2 heterocycles. The van der Waals surface area contributed by atoms with Crippen LogP contribution in [0.3, 0.4) is 0 Å². The van der Waals surface area contributed by atoms with Gasteiger partial charge in [-0.3, -0.25) is 0 Å². The second kappa shape index (κ2) is 8.16. The Balaban J connectivity index is 1.54. The van der Waals surface area contributed by atoms with Gasteiger partial charge in [-0.1, -0.05) is 6.07 Å². The van der Waals surface area contributed by atoms with Crippen LogP contribution in [0.15, 0.2) is 48.8 Å². The van der Waals surface area contributed by atoms with Crippen molar-refractivity contribution < 1.29 is 13.5 Å². The lowest BCUT2D eigenvalue weighted by atomic mass is 9.92. The number of fused-ring (bicyclic) bond motifs is 1. The topological polar surface area (TPSA) is 105 Å². The maximum atomic E-state index is 15.2. The normalized spacial score (nSPS) is 18.7. The van der Waals surface area contributed by atoms with Gasteiger partial charge in [0.25, 0.3) is 0 Å². The molecule has 1 fully saturated rings. The summed E-state index contributed by atoms with van der Waals surface area (Å²) in [5, 5.41) is 5.23. The predicted octanol–water partition coefficient (Wildman–Crippen LogP) is 4.59. The molecule has 0 aliphatic heterocycles. The van der Waals surface area contributed by atoms with Gasteiger partial charge in [-0.25, -0.2) is 23.4 Å². The van der Waals surface area contributed by atoms with Gasteiger partial charge in [0.05, 0.1) is 11.4 Å². The van der Waals surface area contributed by atoms with Crippen molar-refractivity contribution in [1.29, 1.82) is 0 Å². The van der Waals surface area contributed by atoms with Crippen LogP contribution in [-0.4, -0.2) is 25.8 Å². The molecule has 0 bridgehead atoms. The summed E-state index contributed by atoms with van der Waals surface area (Å²) in [6, 6.07) is 10.4. The standard InChI is InChI=1S/C23H22F2N6O/c24-13-2-1-3-16(10-13)32-17-8-9-18(19(25)11-17)21-20-22(27)28-12-29-23(20)31(30-21)15-6-4-14(26)5-7-15/h1-3,8-12,14-15H,4-7,26H2,(H2,27,28,29)/t14-,15-. The summed E-state index contributed by atoms with van der Waals surface area (Å²) in [5.74, 6) is -0.218. The zero-order valence-corrected chi connectivity index (χ0v) is 17.2. The van der Waals surface area contributed by atoms with Crippen molar-refractivity contribution in [2.24, 2.45) is 5.73 Å². The number of nitrogens with zero attached hydrogens (tertiary/aromatic N) is 4. The summed E-state index contributed by atoms with van der Waals surface area (Å²) >= 11 is 0. The van der Waals surface area contributed by atoms with Crippen molar-refractivity contribution in [3.8, 4) is 22.8 Å². The summed E-state index contributed by atoms with van der Waals surface area (Å²) in [7, 11) is 0. The van der Waals surface area contributed by atoms with Crippen molar-refractivity contribution in [3.05, 3.63) is 60.4 Å². The summed E-state index contributed by atoms with van der Waals surface area (Å²) in [4.78, 5) is 8.48. The first kappa shape index (κ1) is 20.3. The van der Waals surface area contributed by atoms with E-state index in [1.165, 1.54) is 30.6 Å². The first-order chi connectivity index (χ1) is 15.5. The van der Waals surface area contributed by atoms with Crippen LogP contribution in [0.5, 0.6) is 11.5 Å². The van der Waals surface area contributed by atoms with Gasteiger partial charge in [-0.15, -0.1) is 0 Å². The fourth-order valence-electron chi connectivity index (χ4n) is 4.20. The monoisotopic (exact) mass is 436 g/mol. The Kier molecular flexibility index (Phi) is 5.18. The number of rotatable bonds is 4. The van der Waals surface area contributed by atoms with Crippen molar-refractivity contribution in [2.75, 3.05) is 5.73 Å². The Morgan fingerprint density at radius 2 is 1.75 bits per heavy atom. The molecule has 0 radical (unpaired) electrons. The maximum Gasteiger partial charge on any atom is 0.164 e. The van der Waals surface area contributed by atoms with Gasteiger partial charge in [0.2, 0.25) is 0 Å². The Hall–Kier alpha value is -3.59. The van der Waals surface area contributed by atoms with Crippen molar-refractivity contribution in [3.63, 3.8) is 0 Å². The number of ether oxygens (including phenoxy) is 1. The summed E-state index contributed by atoms with van der Waals surface area (Å²) in [5.41, 5.74) is 13.4. The third-order valence-corrected chi connectivity index (χ3v) is 5.83. The van der Waals surface area contributed by atoms with Gasteiger partial charge < -0.3 is 16.2 Å². The largest absolute Gasteiger partial charge is 0.457 e. The van der Waals surface area contributed by atoms with Gasteiger partial charge in [0.15, 0.2) is 5.65 Å². The van der Waals surface area contributed by atoms with E-state index in [4.69, 9.17) is 21.3 Å². The van der Waals surface area contributed by atoms with E-state index in [0.29, 0.717) is 16.7 Å². The van der Waals surface area contributed by atoms with Gasteiger partial charge in [0.1, 0.15) is 41.0 Å². The van der Waals surface area contributed by atoms with Crippen LogP contribution in [0.25, 0.3) is 22.3 Å². The van der Waals surface area contributed by atoms with Crippen LogP contribution >= 0.6 is 0 Å². The number of anilines is 1. The van der Waals surface area contributed by atoms with Crippen LogP contribution in [0, 0.1) is 11.6 Å². The number of halogens is 2. The van der Waals surface area contributed by atoms with Gasteiger partial charge >= 0.3 is 0 Å². The van der Waals surface area contributed by atoms with Crippen LogP contribution in [0.2, 0.25) is 0 Å². The molecule has 4 N–H and O–H groups in total. The molecule has 0 unspecified atom stereocenters. The zero-order valence-electron chi connectivity index (χ0n) is 17.2. The molecule has 9 heteroatoms. The molecule has 1 aliphatic carbocycles. The van der Waals surface area contributed by atoms with Crippen molar-refractivity contribution >= 4 is 16.9 Å². The minimum atomic E-state index is -0.542. The molecule has 0 atom stereocenters. The van der Waals surface area contributed by atoms with Crippen LogP contribution in [-0.2, 0) is 0 Å². The molecule has 0 amide bonds. The van der Waals surface area contributed by atoms with Gasteiger partial charge in [-0.05, 0) is 49.9 Å². The Morgan fingerprint density at radius 3 is 2.50 bits per heavy atom. The average molecular weight is 436 g/mol. The molecule has 0 saturated heterocycles. The second-order valence-electron chi connectivity index (χ2n) is 8.02. The Labute approximate surface area is 183 Å². The number of nitrogen functional groups attached to an aromatic ring is 1. The lowest BCUT2D eigenvalue weighted by Gasteiger charge is -2.26. The number of hydrogen-bond donors (Lipinski definition) is 2. The molecule has 164 valence electrons. The summed E-state index contributed by atoms with van der Waals surface area (Å²) in [6.07, 6.45) is 4.90. The molecular formula is C23H22F2N6O. The highest BCUT2D eigenvalue weighted by atomic mass is 19.1. The lowest BCUT2D eigenvalue weighted by Crippen LogP contribution is -2.28. The highest BCUT2D eigenvalue weighted by Gasteiger charge is 2.26. The Morgan fingerprint density at radius 1 is 0.969 bits per heavy atom. The zero-order chi connectivity index (χ0) is 22.2. The van der Waals surface area contributed by atoms with Crippen LogP contribution in [0.1, 0.15) is 31.7 Å². The van der Waals surface area contributed by atoms with Crippen LogP contribution in [0.4, 0.5) is 14.6 Å². The minimum absolute atomic E-state index is 0.110. The molecule has 2 aromatic heterocycles. The number of hydrogen-bond acceptors (Lipinski definition) is 6. The quantitative estimate of drug-likeness (QED) is 0.485. The molecule has 1 saturated carbocycles. The molecule has 1 aliphatic rings. The fourth-order valence-corrected chi connectivity index (χ4v) is 4.20. The minimum Gasteiger partial charge on any atom is -0.457 e. The average Bonchev–Trinajstić information content (AvgIpc) is 3.15. The van der Waals surface area contributed by atoms with E-state index in [1.54, 1.807) is 18.2 Å². The molecule has 4 aromatic rings. The SMILES string of the molecule is Nc1ncnc2c1c(-c1ccc(Oc3cccc(F)c3)cc1F)nn2[C@H]1CC[C@H](N)CC1. The van der Waals surface area contributed by atoms with E-state index in [9.17, 15) is 4.39 Å². The number of aromatic nitrogens is 4. The van der Waals surface area contributed by atoms with E-state index in [1.807, 2.05) is 4.68 Å². The summed E-state index contributed by atoms with van der Waals surface area (Å²) in [6.45, 7) is 0. The van der Waals surface area contributed by atoms with E-state index in [0.717, 1.165) is 25.7 Å². The highest BCUT2D eigenvalue weighted by molar-refractivity contribution is 5.98. The molecule has 5 rings (SSSR count). The summed E-state index contributed by atoms with van der Waals surface area (Å²) < 4.78 is 36.0. The van der Waals surface area contributed by atoms with Crippen molar-refractivity contribution in [1.82, 2.24) is 19.7 Å². The number of benzene rings is 2. The third kappa shape index (κ3) is 3.75. The highest BCUT2D eigenvalue weighted by Crippen LogP contribution is 2.37. The lowest BCUT2D eigenvalue weighted by molar-refractivity contribution is 0.310. The first-order valence-electron chi connectivity index (χ1n) is 10.5. The van der Waals surface area contributed by atoms with Crippen molar-refractivity contribution in [2.45, 2.75) is 37.8 Å². The smallest absolute Gasteiger partial charge is 0.164 e. The van der Waals surface area contributed by atoms with Gasteiger partial charge in [0, 0.05) is 23.7 Å². The molecule has 32 heavy (non-hydrogen) atoms. The molecule has 0 spiro atoms. The predicted molar refractivity (Wildman–Crippen MR) is 117 cm³/mol. The van der Waals surface area contributed by atoms with Crippen LogP contribution < -0.4 is 16.2 Å². The van der Waals surface area contributed by atoms with Gasteiger partial charge in [-0.2, -0.15) is 5.10 Å². The van der Waals surface area contributed by atoms with E-state index in [-0.39, 0.29) is 35.0 Å². The number of nitrogens with two attached hydrogens (primary N) is 2.